The van der Waals surface area contributed by atoms with E-state index in [0.29, 0.717) is 30.8 Å². The van der Waals surface area contributed by atoms with Crippen LogP contribution in [0.3, 0.4) is 0 Å². The number of piperidine rings is 1. The molecule has 0 aliphatic carbocycles. The molecule has 52 heavy (non-hydrogen) atoms. The Morgan fingerprint density at radius 3 is 2.29 bits per heavy atom. The van der Waals surface area contributed by atoms with Crippen LogP contribution in [-0.4, -0.2) is 89.5 Å². The highest BCUT2D eigenvalue weighted by Crippen LogP contribution is 2.30. The molecule has 0 spiro atoms. The molecule has 5 rings (SSSR count). The van der Waals surface area contributed by atoms with Crippen LogP contribution in [0.1, 0.15) is 40.0 Å². The fraction of sp³-hybridized carbons (Fsp3) is 0.297. The van der Waals surface area contributed by atoms with E-state index in [2.05, 4.69) is 20.3 Å². The van der Waals surface area contributed by atoms with Crippen LogP contribution < -0.4 is 25.7 Å². The average molecular weight is 743 g/mol. The van der Waals surface area contributed by atoms with Gasteiger partial charge in [0.05, 0.1) is 9.82 Å². The molecule has 4 aromatic rings. The average Bonchev–Trinajstić information content (AvgIpc) is 3.13. The summed E-state index contributed by atoms with van der Waals surface area (Å²) in [6, 6.07) is 27.4. The van der Waals surface area contributed by atoms with E-state index in [4.69, 9.17) is 0 Å². The van der Waals surface area contributed by atoms with Gasteiger partial charge < -0.3 is 20.4 Å². The van der Waals surface area contributed by atoms with Crippen molar-refractivity contribution in [2.24, 2.45) is 0 Å². The summed E-state index contributed by atoms with van der Waals surface area (Å²) in [4.78, 5) is 42.1. The summed E-state index contributed by atoms with van der Waals surface area (Å²) in [5, 5.41) is 18.5. The van der Waals surface area contributed by atoms with Crippen molar-refractivity contribution in [3.8, 4) is 0 Å². The van der Waals surface area contributed by atoms with Gasteiger partial charge in [0.15, 0.2) is 0 Å². The smallest absolute Gasteiger partial charge is 0.293 e. The Morgan fingerprint density at radius 2 is 1.63 bits per heavy atom. The first-order valence-electron chi connectivity index (χ1n) is 17.1. The predicted molar refractivity (Wildman–Crippen MR) is 209 cm³/mol. The lowest BCUT2D eigenvalue weighted by atomic mass is 9.90. The summed E-state index contributed by atoms with van der Waals surface area (Å²) in [6.45, 7) is 2.14. The highest BCUT2D eigenvalue weighted by molar-refractivity contribution is 7.99. The molecule has 15 heteroatoms. The van der Waals surface area contributed by atoms with Crippen LogP contribution >= 0.6 is 11.8 Å². The third-order valence-electron chi connectivity index (χ3n) is 8.90. The molecule has 3 N–H and O–H groups in total. The van der Waals surface area contributed by atoms with Crippen LogP contribution in [-0.2, 0) is 10.0 Å². The van der Waals surface area contributed by atoms with E-state index in [9.17, 15) is 28.1 Å². The topological polar surface area (TPSA) is 154 Å². The van der Waals surface area contributed by atoms with Crippen LogP contribution in [0.2, 0.25) is 0 Å². The number of nitro groups is 1. The fourth-order valence-electron chi connectivity index (χ4n) is 5.93. The van der Waals surface area contributed by atoms with Crippen molar-refractivity contribution >= 4 is 64.0 Å². The third kappa shape index (κ3) is 10.4. The minimum absolute atomic E-state index is 0.0439. The first-order chi connectivity index (χ1) is 24.9. The van der Waals surface area contributed by atoms with Gasteiger partial charge in [0.25, 0.3) is 27.5 Å². The third-order valence-corrected chi connectivity index (χ3v) is 11.4. The summed E-state index contributed by atoms with van der Waals surface area (Å²) in [5.74, 6) is -0.299. The second-order valence-electron chi connectivity index (χ2n) is 13.0. The summed E-state index contributed by atoms with van der Waals surface area (Å²) in [6.07, 6.45) is 2.20. The molecule has 0 aromatic heterocycles. The summed E-state index contributed by atoms with van der Waals surface area (Å²) in [5.41, 5.74) is 2.38. The van der Waals surface area contributed by atoms with E-state index in [1.165, 1.54) is 12.1 Å². The Morgan fingerprint density at radius 1 is 0.962 bits per heavy atom. The van der Waals surface area contributed by atoms with E-state index >= 15 is 0 Å². The van der Waals surface area contributed by atoms with Crippen LogP contribution in [0.5, 0.6) is 0 Å². The number of nitrogens with zero attached hydrogens (tertiary/aromatic N) is 3. The molecule has 1 heterocycles. The molecule has 1 aliphatic rings. The second-order valence-corrected chi connectivity index (χ2v) is 15.8. The minimum Gasteiger partial charge on any atom is -0.376 e. The molecule has 1 saturated heterocycles. The highest BCUT2D eigenvalue weighted by Gasteiger charge is 2.26. The van der Waals surface area contributed by atoms with E-state index in [1.54, 1.807) is 36.0 Å². The van der Waals surface area contributed by atoms with E-state index < -0.39 is 31.4 Å². The zero-order valence-electron chi connectivity index (χ0n) is 29.4. The standard InChI is InChI=1S/C37H43BN6O6S2/c1-42(2)21-18-28(25-51-30-8-4-3-5-9-30)39-34-17-16-31(24-35(34)44(47)48)52(49,50)41-36(45)26-12-14-29(15-13-26)43-22-19-27(20-23-43)40-37(46)32-10-6-7-11-33(32)38/h3-17,24,27-28,39H,18-23,25,38H2,1-2H3,(H,40,46)(H,41,45)/t28-/m1/s1. The Kier molecular flexibility index (Phi) is 13.0. The Bertz CT molecular complexity index is 1970. The zero-order chi connectivity index (χ0) is 37.3. The number of amides is 2. The first kappa shape index (κ1) is 38.4. The Hall–Kier alpha value is -4.86. The minimum atomic E-state index is -4.43. The van der Waals surface area contributed by atoms with E-state index in [1.807, 2.05) is 81.4 Å². The van der Waals surface area contributed by atoms with Crippen LogP contribution in [0.4, 0.5) is 17.1 Å². The maximum Gasteiger partial charge on any atom is 0.293 e. The van der Waals surface area contributed by atoms with Gasteiger partial charge in [-0.05, 0) is 88.4 Å². The number of anilines is 2. The van der Waals surface area contributed by atoms with Gasteiger partial charge in [-0.25, -0.2) is 13.1 Å². The number of nitrogens with one attached hydrogen (secondary N) is 3. The molecule has 0 saturated carbocycles. The number of sulfonamides is 1. The van der Waals surface area contributed by atoms with Gasteiger partial charge in [0.2, 0.25) is 0 Å². The van der Waals surface area contributed by atoms with Gasteiger partial charge in [-0.2, -0.15) is 0 Å². The lowest BCUT2D eigenvalue weighted by Gasteiger charge is -2.34. The molecule has 4 aromatic carbocycles. The SMILES string of the molecule is Bc1ccccc1C(=O)NC1CCN(c2ccc(C(=O)NS(=O)(=O)c3ccc(N[C@H](CCN(C)C)CSc4ccccc4)c([N+](=O)[O-])c3)cc2)CC1. The molecule has 1 atom stereocenters. The normalized spacial score (nSPS) is 14.1. The predicted octanol–water partition coefficient (Wildman–Crippen LogP) is 3.90. The molecule has 0 bridgehead atoms. The van der Waals surface area contributed by atoms with Crippen molar-refractivity contribution in [2.45, 2.75) is 41.1 Å². The van der Waals surface area contributed by atoms with Gasteiger partial charge in [-0.15, -0.1) is 11.8 Å². The summed E-state index contributed by atoms with van der Waals surface area (Å²) in [7, 11) is 1.38. The number of carbonyl (C=O) groups excluding carboxylic acids is 2. The van der Waals surface area contributed by atoms with Crippen molar-refractivity contribution in [3.63, 3.8) is 0 Å². The quantitative estimate of drug-likeness (QED) is 0.0708. The highest BCUT2D eigenvalue weighted by atomic mass is 32.2. The van der Waals surface area contributed by atoms with Gasteiger partial charge in [0, 0.05) is 58.7 Å². The number of rotatable bonds is 15. The van der Waals surface area contributed by atoms with Crippen molar-refractivity contribution in [3.05, 3.63) is 118 Å². The molecule has 12 nitrogen and oxygen atoms in total. The number of carbonyl (C=O) groups is 2. The lowest BCUT2D eigenvalue weighted by molar-refractivity contribution is -0.384. The van der Waals surface area contributed by atoms with Crippen LogP contribution in [0.25, 0.3) is 0 Å². The number of benzene rings is 4. The molecule has 1 aliphatic heterocycles. The monoisotopic (exact) mass is 742 g/mol. The van der Waals surface area contributed by atoms with Gasteiger partial charge in [-0.1, -0.05) is 47.9 Å². The number of thioether (sulfide) groups is 1. The second kappa shape index (κ2) is 17.6. The molecule has 272 valence electrons. The largest absolute Gasteiger partial charge is 0.376 e. The fourth-order valence-corrected chi connectivity index (χ4v) is 7.92. The maximum atomic E-state index is 13.3. The number of hydrogen-bond acceptors (Lipinski definition) is 10. The van der Waals surface area contributed by atoms with Crippen LogP contribution in [0, 0.1) is 10.1 Å². The Labute approximate surface area is 310 Å². The van der Waals surface area contributed by atoms with Gasteiger partial charge >= 0.3 is 0 Å². The summed E-state index contributed by atoms with van der Waals surface area (Å²) >= 11 is 1.63. The molecule has 1 fully saturated rings. The molecular weight excluding hydrogens is 699 g/mol. The van der Waals surface area contributed by atoms with Crippen molar-refractivity contribution < 1.29 is 22.9 Å². The molecule has 0 unspecified atom stereocenters. The summed E-state index contributed by atoms with van der Waals surface area (Å²) < 4.78 is 28.6. The van der Waals surface area contributed by atoms with Gasteiger partial charge in [0.1, 0.15) is 13.5 Å². The Balaban J connectivity index is 1.19. The van der Waals surface area contributed by atoms with Crippen LogP contribution in [0.15, 0.2) is 107 Å². The maximum absolute atomic E-state index is 13.3. The number of nitro benzene ring substituents is 1. The number of hydrogen-bond donors (Lipinski definition) is 3. The van der Waals surface area contributed by atoms with E-state index in [-0.39, 0.29) is 29.2 Å². The molecule has 2 amide bonds. The van der Waals surface area contributed by atoms with E-state index in [0.717, 1.165) is 41.5 Å². The zero-order valence-corrected chi connectivity index (χ0v) is 31.1. The van der Waals surface area contributed by atoms with Crippen molar-refractivity contribution in [1.82, 2.24) is 14.9 Å². The molecule has 0 radical (unpaired) electrons. The lowest BCUT2D eigenvalue weighted by Crippen LogP contribution is -2.45. The molecular formula is C37H43BN6O6S2. The van der Waals surface area contributed by atoms with Crippen molar-refractivity contribution in [2.75, 3.05) is 49.7 Å². The van der Waals surface area contributed by atoms with Crippen molar-refractivity contribution in [1.29, 1.82) is 0 Å². The van der Waals surface area contributed by atoms with Gasteiger partial charge in [-0.3, -0.25) is 19.7 Å². The first-order valence-corrected chi connectivity index (χ1v) is 19.5.